The first-order valence-corrected chi connectivity index (χ1v) is 15.4. The van der Waals surface area contributed by atoms with Crippen molar-refractivity contribution in [2.45, 2.75) is 24.8 Å². The average Bonchev–Trinajstić information content (AvgIpc) is 3.77. The molecule has 0 aliphatic carbocycles. The lowest BCUT2D eigenvalue weighted by Crippen LogP contribution is -2.29. The highest BCUT2D eigenvalue weighted by molar-refractivity contribution is 5.91. The van der Waals surface area contributed by atoms with Crippen LogP contribution in [0.2, 0.25) is 0 Å². The number of rotatable bonds is 6. The topological polar surface area (TPSA) is 141 Å². The summed E-state index contributed by atoms with van der Waals surface area (Å²) in [5.74, 6) is -4.73. The van der Waals surface area contributed by atoms with E-state index in [4.69, 9.17) is 14.9 Å². The molecule has 10 nitrogen and oxygen atoms in total. The third-order valence-corrected chi connectivity index (χ3v) is 8.28. The molecule has 5 heterocycles. The van der Waals surface area contributed by atoms with Gasteiger partial charge in [-0.15, -0.1) is 0 Å². The zero-order valence-corrected chi connectivity index (χ0v) is 26.3. The van der Waals surface area contributed by atoms with Crippen molar-refractivity contribution in [3.63, 3.8) is 0 Å². The fraction of sp³-hybridized carbons (Fsp3) is 0.200. The molecule has 0 spiro atoms. The third kappa shape index (κ3) is 7.96. The minimum atomic E-state index is -5.08. The molecule has 16 heteroatoms. The summed E-state index contributed by atoms with van der Waals surface area (Å²) in [5, 5.41) is 14.5. The number of likely N-dealkylation sites (tertiary alicyclic amines) is 1. The van der Waals surface area contributed by atoms with Gasteiger partial charge in [-0.25, -0.2) is 14.8 Å². The number of aromatic amines is 2. The first-order chi connectivity index (χ1) is 24.3. The number of alkyl halides is 6. The largest absolute Gasteiger partial charge is 0.490 e. The number of pyridine rings is 3. The van der Waals surface area contributed by atoms with Crippen molar-refractivity contribution >= 4 is 16.9 Å². The number of fused-ring (bicyclic) bond motifs is 1. The van der Waals surface area contributed by atoms with E-state index < -0.39 is 30.2 Å². The molecule has 1 aliphatic heterocycles. The predicted octanol–water partition coefficient (Wildman–Crippen LogP) is 6.85. The first-order valence-electron chi connectivity index (χ1n) is 15.4. The van der Waals surface area contributed by atoms with Crippen LogP contribution in [0.25, 0.3) is 44.8 Å². The van der Waals surface area contributed by atoms with Crippen LogP contribution < -0.4 is 5.56 Å². The lowest BCUT2D eigenvalue weighted by atomic mass is 9.95. The molecule has 0 saturated carbocycles. The molecule has 6 aromatic rings. The summed E-state index contributed by atoms with van der Waals surface area (Å²) in [6, 6.07) is 26.2. The van der Waals surface area contributed by atoms with Crippen molar-refractivity contribution in [2.75, 3.05) is 13.1 Å². The SMILES string of the molecule is O=C(O)C(F)(F)F.O=c1[nH]ccc2nc(-c3ccc(CN4CC(c5nc(-c6ccccn6)n[nH]5)C(C(F)(F)F)C4)cc3)c(-c3ccccc3)cc12. The Morgan fingerprint density at radius 1 is 0.882 bits per heavy atom. The van der Waals surface area contributed by atoms with Crippen molar-refractivity contribution in [1.82, 2.24) is 35.0 Å². The van der Waals surface area contributed by atoms with E-state index in [1.54, 1.807) is 41.6 Å². The molecule has 4 aromatic heterocycles. The van der Waals surface area contributed by atoms with Gasteiger partial charge in [0.05, 0.1) is 22.5 Å². The van der Waals surface area contributed by atoms with Gasteiger partial charge in [0.2, 0.25) is 0 Å². The molecule has 1 aliphatic rings. The van der Waals surface area contributed by atoms with Gasteiger partial charge in [0.15, 0.2) is 5.82 Å². The third-order valence-electron chi connectivity index (χ3n) is 8.28. The Morgan fingerprint density at radius 2 is 1.59 bits per heavy atom. The molecular weight excluding hydrogens is 680 g/mol. The van der Waals surface area contributed by atoms with Gasteiger partial charge >= 0.3 is 18.3 Å². The Kier molecular flexibility index (Phi) is 9.69. The lowest BCUT2D eigenvalue weighted by Gasteiger charge is -2.19. The van der Waals surface area contributed by atoms with Gasteiger partial charge in [0, 0.05) is 49.1 Å². The number of halogens is 6. The number of carboxylic acids is 1. The van der Waals surface area contributed by atoms with Crippen molar-refractivity contribution in [2.24, 2.45) is 5.92 Å². The fourth-order valence-electron chi connectivity index (χ4n) is 5.87. The molecule has 0 radical (unpaired) electrons. The summed E-state index contributed by atoms with van der Waals surface area (Å²) in [7, 11) is 0. The minimum absolute atomic E-state index is 0.144. The lowest BCUT2D eigenvalue weighted by molar-refractivity contribution is -0.192. The maximum absolute atomic E-state index is 14.2. The predicted molar refractivity (Wildman–Crippen MR) is 174 cm³/mol. The Hall–Kier alpha value is -5.90. The summed E-state index contributed by atoms with van der Waals surface area (Å²) >= 11 is 0. The van der Waals surface area contributed by atoms with Crippen molar-refractivity contribution < 1.29 is 36.2 Å². The van der Waals surface area contributed by atoms with Crippen LogP contribution in [0.1, 0.15) is 17.3 Å². The maximum atomic E-state index is 14.2. The fourth-order valence-corrected chi connectivity index (χ4v) is 5.87. The monoisotopic (exact) mass is 707 g/mol. The van der Waals surface area contributed by atoms with E-state index in [2.05, 4.69) is 25.1 Å². The molecule has 2 atom stereocenters. The second kappa shape index (κ2) is 14.1. The van der Waals surface area contributed by atoms with Gasteiger partial charge in [-0.3, -0.25) is 19.8 Å². The highest BCUT2D eigenvalue weighted by Gasteiger charge is 2.51. The number of aliphatic carboxylic acids is 1. The first kappa shape index (κ1) is 34.9. The van der Waals surface area contributed by atoms with Gasteiger partial charge in [0.25, 0.3) is 5.56 Å². The minimum Gasteiger partial charge on any atom is -0.475 e. The van der Waals surface area contributed by atoms with Gasteiger partial charge in [-0.05, 0) is 35.4 Å². The standard InChI is InChI=1S/C33H26F3N7O.C2HF3O2/c34-33(35,36)26-19-43(18-25(26)30-40-31(42-41-30)28-8-4-5-14-37-28)17-20-9-11-22(12-10-20)29-23(21-6-2-1-3-7-21)16-24-27(39-29)13-15-38-32(24)44;3-2(4,5)1(6)7/h1-16,25-26H,17-19H2,(H,38,44)(H,40,41,42);(H,6,7). The number of hydrogen-bond donors (Lipinski definition) is 3. The van der Waals surface area contributed by atoms with Crippen LogP contribution in [-0.2, 0) is 11.3 Å². The van der Waals surface area contributed by atoms with Crippen molar-refractivity contribution in [1.29, 1.82) is 0 Å². The van der Waals surface area contributed by atoms with Gasteiger partial charge in [-0.1, -0.05) is 60.7 Å². The van der Waals surface area contributed by atoms with Crippen molar-refractivity contribution in [3.8, 4) is 33.9 Å². The zero-order valence-electron chi connectivity index (χ0n) is 26.3. The highest BCUT2D eigenvalue weighted by Crippen LogP contribution is 2.42. The van der Waals surface area contributed by atoms with Crippen LogP contribution in [0.3, 0.4) is 0 Å². The molecule has 0 bridgehead atoms. The van der Waals surface area contributed by atoms with E-state index >= 15 is 0 Å². The number of aromatic nitrogens is 6. The van der Waals surface area contributed by atoms with E-state index in [-0.39, 0.29) is 30.3 Å². The zero-order chi connectivity index (χ0) is 36.3. The molecular formula is C35H27F6N7O3. The Balaban J connectivity index is 0.000000582. The van der Waals surface area contributed by atoms with Crippen LogP contribution in [0, 0.1) is 5.92 Å². The van der Waals surface area contributed by atoms with E-state index in [0.29, 0.717) is 28.8 Å². The van der Waals surface area contributed by atoms with Crippen molar-refractivity contribution in [3.05, 3.63) is 119 Å². The Bertz CT molecular complexity index is 2190. The Morgan fingerprint density at radius 3 is 2.24 bits per heavy atom. The number of carboxylic acid groups (broad SMARTS) is 1. The molecule has 262 valence electrons. The summed E-state index contributed by atoms with van der Waals surface area (Å²) in [6.07, 6.45) is -6.31. The van der Waals surface area contributed by atoms with E-state index in [9.17, 15) is 31.1 Å². The van der Waals surface area contributed by atoms with Crippen LogP contribution >= 0.6 is 0 Å². The number of carbonyl (C=O) groups is 1. The van der Waals surface area contributed by atoms with E-state index in [1.807, 2.05) is 60.7 Å². The van der Waals surface area contributed by atoms with E-state index in [0.717, 1.165) is 22.3 Å². The summed E-state index contributed by atoms with van der Waals surface area (Å²) in [6.45, 7) is 0.382. The summed E-state index contributed by atoms with van der Waals surface area (Å²) in [5.41, 5.74) is 5.02. The number of nitrogens with one attached hydrogen (secondary N) is 2. The van der Waals surface area contributed by atoms with Crippen LogP contribution in [0.4, 0.5) is 26.3 Å². The summed E-state index contributed by atoms with van der Waals surface area (Å²) in [4.78, 5) is 39.3. The van der Waals surface area contributed by atoms with Crippen LogP contribution in [-0.4, -0.2) is 71.6 Å². The van der Waals surface area contributed by atoms with Crippen LogP contribution in [0.15, 0.2) is 102 Å². The number of nitrogens with zero attached hydrogens (tertiary/aromatic N) is 5. The quantitative estimate of drug-likeness (QED) is 0.160. The molecule has 2 aromatic carbocycles. The van der Waals surface area contributed by atoms with Gasteiger partial charge < -0.3 is 10.1 Å². The molecule has 0 amide bonds. The number of benzene rings is 2. The second-order valence-electron chi connectivity index (χ2n) is 11.7. The molecule has 1 saturated heterocycles. The molecule has 2 unspecified atom stereocenters. The summed E-state index contributed by atoms with van der Waals surface area (Å²) < 4.78 is 74.2. The highest BCUT2D eigenvalue weighted by atomic mass is 19.4. The normalized spacial score (nSPS) is 16.5. The molecule has 3 N–H and O–H groups in total. The van der Waals surface area contributed by atoms with Crippen LogP contribution in [0.5, 0.6) is 0 Å². The maximum Gasteiger partial charge on any atom is 0.490 e. The molecule has 51 heavy (non-hydrogen) atoms. The average molecular weight is 708 g/mol. The Labute approximate surface area is 284 Å². The van der Waals surface area contributed by atoms with Gasteiger partial charge in [0.1, 0.15) is 11.5 Å². The number of hydrogen-bond acceptors (Lipinski definition) is 7. The smallest absolute Gasteiger partial charge is 0.475 e. The number of H-pyrrole nitrogens is 2. The molecule has 7 rings (SSSR count). The molecule has 1 fully saturated rings. The second-order valence-corrected chi connectivity index (χ2v) is 11.7. The van der Waals surface area contributed by atoms with E-state index in [1.165, 1.54) is 0 Å². The van der Waals surface area contributed by atoms with Gasteiger partial charge in [-0.2, -0.15) is 31.4 Å².